The molecule has 1 aliphatic heterocycles. The highest BCUT2D eigenvalue weighted by Crippen LogP contribution is 2.58. The molecular weight excluding hydrogens is 422 g/mol. The summed E-state index contributed by atoms with van der Waals surface area (Å²) in [5, 5.41) is 0. The molecule has 4 heteroatoms. The van der Waals surface area contributed by atoms with E-state index in [-0.39, 0.29) is 29.4 Å². The van der Waals surface area contributed by atoms with Gasteiger partial charge in [-0.25, -0.2) is 4.90 Å². The van der Waals surface area contributed by atoms with Crippen molar-refractivity contribution in [2.45, 2.75) is 6.92 Å². The summed E-state index contributed by atoms with van der Waals surface area (Å²) in [4.78, 5) is 40.5. The second-order valence-corrected chi connectivity index (χ2v) is 9.17. The van der Waals surface area contributed by atoms with Gasteiger partial charge in [0.2, 0.25) is 11.8 Å². The fourth-order valence-corrected chi connectivity index (χ4v) is 5.92. The van der Waals surface area contributed by atoms with Gasteiger partial charge in [0.15, 0.2) is 5.78 Å². The lowest BCUT2D eigenvalue weighted by Gasteiger charge is -2.22. The first-order chi connectivity index (χ1) is 16.6. The molecule has 1 heterocycles. The maximum Gasteiger partial charge on any atom is 0.238 e. The van der Waals surface area contributed by atoms with Crippen molar-refractivity contribution in [3.63, 3.8) is 0 Å². The van der Waals surface area contributed by atoms with Crippen LogP contribution in [0.1, 0.15) is 28.4 Å². The van der Waals surface area contributed by atoms with Crippen LogP contribution in [0.5, 0.6) is 0 Å². The van der Waals surface area contributed by atoms with Gasteiger partial charge in [-0.15, -0.1) is 0 Å². The third-order valence-electron chi connectivity index (χ3n) is 7.34. The molecule has 34 heavy (non-hydrogen) atoms. The zero-order valence-electron chi connectivity index (χ0n) is 18.7. The van der Waals surface area contributed by atoms with Crippen LogP contribution in [0, 0.1) is 23.7 Å². The van der Waals surface area contributed by atoms with E-state index in [9.17, 15) is 14.4 Å². The summed E-state index contributed by atoms with van der Waals surface area (Å²) in [5.41, 5.74) is 5.43. The number of allylic oxidation sites excluding steroid dienone is 3. The molecule has 2 bridgehead atoms. The largest absolute Gasteiger partial charge is 0.295 e. The molecule has 2 amide bonds. The molecule has 0 aromatic heterocycles. The number of hydrogen-bond donors (Lipinski definition) is 0. The van der Waals surface area contributed by atoms with Crippen LogP contribution in [-0.2, 0) is 9.59 Å². The number of nitrogens with zero attached hydrogens (tertiary/aromatic N) is 1. The van der Waals surface area contributed by atoms with Crippen molar-refractivity contribution in [1.29, 1.82) is 0 Å². The monoisotopic (exact) mass is 445 g/mol. The van der Waals surface area contributed by atoms with Crippen LogP contribution in [0.3, 0.4) is 0 Å². The lowest BCUT2D eigenvalue weighted by atomic mass is 9.85. The number of hydrogen-bond acceptors (Lipinski definition) is 3. The van der Waals surface area contributed by atoms with Crippen molar-refractivity contribution in [3.05, 3.63) is 119 Å². The third-order valence-corrected chi connectivity index (χ3v) is 7.34. The van der Waals surface area contributed by atoms with Crippen molar-refractivity contribution < 1.29 is 14.4 Å². The molecule has 0 spiro atoms. The van der Waals surface area contributed by atoms with E-state index in [0.29, 0.717) is 11.3 Å². The fourth-order valence-electron chi connectivity index (χ4n) is 5.92. The van der Waals surface area contributed by atoms with E-state index in [1.54, 1.807) is 24.3 Å². The van der Waals surface area contributed by atoms with E-state index >= 15 is 0 Å². The fraction of sp³-hybridized carbons (Fsp3) is 0.167. The Kier molecular flexibility index (Phi) is 4.70. The number of imide groups is 1. The van der Waals surface area contributed by atoms with E-state index in [1.807, 2.05) is 36.4 Å². The van der Waals surface area contributed by atoms with Gasteiger partial charge >= 0.3 is 0 Å². The van der Waals surface area contributed by atoms with Crippen molar-refractivity contribution in [2.24, 2.45) is 23.7 Å². The van der Waals surface area contributed by atoms with Gasteiger partial charge in [0.1, 0.15) is 0 Å². The Morgan fingerprint density at radius 1 is 0.676 bits per heavy atom. The first-order valence-electron chi connectivity index (χ1n) is 11.6. The third kappa shape index (κ3) is 2.95. The topological polar surface area (TPSA) is 54.5 Å². The van der Waals surface area contributed by atoms with Gasteiger partial charge in [0.05, 0.1) is 17.5 Å². The zero-order valence-corrected chi connectivity index (χ0v) is 18.7. The predicted octanol–water partition coefficient (Wildman–Crippen LogP) is 5.31. The minimum Gasteiger partial charge on any atom is -0.295 e. The van der Waals surface area contributed by atoms with Gasteiger partial charge in [-0.3, -0.25) is 14.4 Å². The highest BCUT2D eigenvalue weighted by atomic mass is 16.2. The smallest absolute Gasteiger partial charge is 0.238 e. The number of benzene rings is 3. The minimum atomic E-state index is -0.416. The van der Waals surface area contributed by atoms with Gasteiger partial charge < -0.3 is 0 Å². The number of rotatable bonds is 4. The molecule has 3 aromatic rings. The summed E-state index contributed by atoms with van der Waals surface area (Å²) in [5.74, 6) is -1.52. The molecule has 4 unspecified atom stereocenters. The van der Waals surface area contributed by atoms with E-state index in [4.69, 9.17) is 0 Å². The zero-order chi connectivity index (χ0) is 23.4. The average molecular weight is 446 g/mol. The number of ketones is 1. The predicted molar refractivity (Wildman–Crippen MR) is 131 cm³/mol. The maximum absolute atomic E-state index is 13.7. The second-order valence-electron chi connectivity index (χ2n) is 9.17. The van der Waals surface area contributed by atoms with Crippen LogP contribution >= 0.6 is 0 Å². The molecule has 1 saturated heterocycles. The molecule has 166 valence electrons. The van der Waals surface area contributed by atoms with Gasteiger partial charge in [0.25, 0.3) is 0 Å². The molecule has 0 N–H and O–H groups in total. The molecule has 2 aliphatic carbocycles. The quantitative estimate of drug-likeness (QED) is 0.311. The SMILES string of the molecule is CC(=O)c1cccc(N2C(=O)C3C4C=CC(C4=C(c4ccccc4)c4ccccc4)C3C2=O)c1. The van der Waals surface area contributed by atoms with Gasteiger partial charge in [-0.05, 0) is 41.3 Å². The van der Waals surface area contributed by atoms with Crippen LogP contribution in [0.25, 0.3) is 5.57 Å². The van der Waals surface area contributed by atoms with Crippen LogP contribution in [0.15, 0.2) is 103 Å². The summed E-state index contributed by atoms with van der Waals surface area (Å²) in [7, 11) is 0. The molecular formula is C30H23NO3. The standard InChI is InChI=1S/C30H23NO3/c1-18(32)21-13-8-14-22(17-21)31-29(33)27-23-15-16-24(28(27)30(31)34)26(23)25(19-9-4-2-5-10-19)20-11-6-3-7-12-20/h2-17,23-24,27-28H,1H3. The molecule has 6 rings (SSSR count). The summed E-state index contributed by atoms with van der Waals surface area (Å²) < 4.78 is 0. The lowest BCUT2D eigenvalue weighted by Crippen LogP contribution is -2.33. The summed E-state index contributed by atoms with van der Waals surface area (Å²) in [6.45, 7) is 1.48. The van der Waals surface area contributed by atoms with Gasteiger partial charge in [-0.2, -0.15) is 0 Å². The molecule has 4 atom stereocenters. The van der Waals surface area contributed by atoms with E-state index in [1.165, 1.54) is 11.8 Å². The van der Waals surface area contributed by atoms with Crippen LogP contribution < -0.4 is 4.90 Å². The minimum absolute atomic E-state index is 0.0940. The van der Waals surface area contributed by atoms with Crippen LogP contribution in [-0.4, -0.2) is 17.6 Å². The van der Waals surface area contributed by atoms with E-state index < -0.39 is 11.8 Å². The Bertz CT molecular complexity index is 1310. The van der Waals surface area contributed by atoms with Crippen molar-refractivity contribution in [2.75, 3.05) is 4.90 Å². The van der Waals surface area contributed by atoms with Crippen molar-refractivity contribution >= 4 is 28.9 Å². The Hall–Kier alpha value is -4.05. The first kappa shape index (κ1) is 20.5. The van der Waals surface area contributed by atoms with Crippen molar-refractivity contribution in [3.8, 4) is 0 Å². The number of fused-ring (bicyclic) bond motifs is 5. The Morgan fingerprint density at radius 3 is 1.68 bits per heavy atom. The summed E-state index contributed by atoms with van der Waals surface area (Å²) in [6, 6.07) is 27.2. The maximum atomic E-state index is 13.7. The lowest BCUT2D eigenvalue weighted by molar-refractivity contribution is -0.122. The van der Waals surface area contributed by atoms with Crippen LogP contribution in [0.4, 0.5) is 5.69 Å². The number of carbonyl (C=O) groups is 3. The average Bonchev–Trinajstić information content (AvgIpc) is 3.50. The highest BCUT2D eigenvalue weighted by molar-refractivity contribution is 6.23. The Morgan fingerprint density at radius 2 is 1.18 bits per heavy atom. The molecule has 3 aliphatic rings. The Labute approximate surface area is 198 Å². The second kappa shape index (κ2) is 7.77. The van der Waals surface area contributed by atoms with Gasteiger partial charge in [-0.1, -0.05) is 84.9 Å². The summed E-state index contributed by atoms with van der Waals surface area (Å²) in [6.07, 6.45) is 4.21. The van der Waals surface area contributed by atoms with Crippen molar-refractivity contribution in [1.82, 2.24) is 0 Å². The molecule has 4 nitrogen and oxygen atoms in total. The highest BCUT2D eigenvalue weighted by Gasteiger charge is 2.62. The number of carbonyl (C=O) groups excluding carboxylic acids is 3. The number of anilines is 1. The summed E-state index contributed by atoms with van der Waals surface area (Å²) >= 11 is 0. The normalized spacial score (nSPS) is 24.6. The molecule has 0 radical (unpaired) electrons. The van der Waals surface area contributed by atoms with E-state index in [2.05, 4.69) is 36.4 Å². The molecule has 2 fully saturated rings. The molecule has 3 aromatic carbocycles. The Balaban J connectivity index is 1.47. The first-order valence-corrected chi connectivity index (χ1v) is 11.6. The molecule has 1 saturated carbocycles. The van der Waals surface area contributed by atoms with Gasteiger partial charge in [0, 0.05) is 17.4 Å². The van der Waals surface area contributed by atoms with E-state index in [0.717, 1.165) is 22.3 Å². The van der Waals surface area contributed by atoms with Crippen LogP contribution in [0.2, 0.25) is 0 Å². The number of Topliss-reactive ketones (excluding diaryl/α,β-unsaturated/α-hetero) is 1. The number of amides is 2.